The van der Waals surface area contributed by atoms with Gasteiger partial charge in [-0.2, -0.15) is 9.97 Å². The van der Waals surface area contributed by atoms with E-state index in [0.717, 1.165) is 17.9 Å². The molecule has 2 heterocycles. The molecule has 0 aliphatic carbocycles. The number of imidazole rings is 1. The molecule has 0 aromatic carbocycles. The maximum atomic E-state index is 4.28. The van der Waals surface area contributed by atoms with E-state index in [1.54, 1.807) is 6.33 Å². The highest BCUT2D eigenvalue weighted by Crippen LogP contribution is 2.17. The molecule has 3 N–H and O–H groups in total. The number of fused-ring (bicyclic) bond motifs is 1. The van der Waals surface area contributed by atoms with Crippen LogP contribution in [0.2, 0.25) is 0 Å². The molecule has 0 fully saturated rings. The van der Waals surface area contributed by atoms with Crippen molar-refractivity contribution in [2.75, 3.05) is 24.2 Å². The molecule has 14 heavy (non-hydrogen) atoms. The number of aromatic nitrogens is 4. The van der Waals surface area contributed by atoms with Crippen LogP contribution in [0.1, 0.15) is 6.92 Å². The molecule has 0 amide bonds. The lowest BCUT2D eigenvalue weighted by molar-refractivity contribution is 1.10. The second-order valence-corrected chi connectivity index (χ2v) is 2.78. The summed E-state index contributed by atoms with van der Waals surface area (Å²) in [4.78, 5) is 15.6. The minimum absolute atomic E-state index is 0.594. The smallest absolute Gasteiger partial charge is 0.226 e. The molecule has 2 aromatic rings. The average Bonchev–Trinajstić information content (AvgIpc) is 2.65. The van der Waals surface area contributed by atoms with Crippen molar-refractivity contribution in [2.45, 2.75) is 6.92 Å². The van der Waals surface area contributed by atoms with Gasteiger partial charge in [-0.05, 0) is 6.92 Å². The molecule has 0 aliphatic heterocycles. The lowest BCUT2D eigenvalue weighted by Crippen LogP contribution is -2.04. The lowest BCUT2D eigenvalue weighted by Gasteiger charge is -2.04. The Morgan fingerprint density at radius 1 is 1.43 bits per heavy atom. The number of hydrogen-bond acceptors (Lipinski definition) is 5. The van der Waals surface area contributed by atoms with Crippen LogP contribution < -0.4 is 10.6 Å². The summed E-state index contributed by atoms with van der Waals surface area (Å²) >= 11 is 0. The van der Waals surface area contributed by atoms with Crippen LogP contribution in [-0.4, -0.2) is 33.5 Å². The van der Waals surface area contributed by atoms with Crippen LogP contribution in [-0.2, 0) is 0 Å². The average molecular weight is 192 g/mol. The van der Waals surface area contributed by atoms with Gasteiger partial charge in [-0.1, -0.05) is 0 Å². The Balaban J connectivity index is 2.55. The second-order valence-electron chi connectivity index (χ2n) is 2.78. The number of rotatable bonds is 3. The first-order chi connectivity index (χ1) is 6.85. The third-order valence-electron chi connectivity index (χ3n) is 1.86. The van der Waals surface area contributed by atoms with Crippen LogP contribution in [0.4, 0.5) is 11.8 Å². The summed E-state index contributed by atoms with van der Waals surface area (Å²) in [5.41, 5.74) is 1.49. The molecule has 6 nitrogen and oxygen atoms in total. The standard InChI is InChI=1S/C8H12N6/c1-3-10-8-13-6(9-2)5-7(14-8)12-4-11-5/h4H,3H2,1-2H3,(H3,9,10,11,12,13,14). The van der Waals surface area contributed by atoms with Gasteiger partial charge in [-0.25, -0.2) is 4.98 Å². The van der Waals surface area contributed by atoms with Crippen LogP contribution in [0.25, 0.3) is 11.2 Å². The van der Waals surface area contributed by atoms with Gasteiger partial charge in [0.15, 0.2) is 11.5 Å². The van der Waals surface area contributed by atoms with E-state index in [0.29, 0.717) is 11.6 Å². The fourth-order valence-electron chi connectivity index (χ4n) is 1.25. The van der Waals surface area contributed by atoms with E-state index in [-0.39, 0.29) is 0 Å². The quantitative estimate of drug-likeness (QED) is 0.671. The maximum Gasteiger partial charge on any atom is 0.226 e. The first-order valence-electron chi connectivity index (χ1n) is 4.48. The molecule has 2 aromatic heterocycles. The van der Waals surface area contributed by atoms with Crippen molar-refractivity contribution < 1.29 is 0 Å². The largest absolute Gasteiger partial charge is 0.371 e. The highest BCUT2D eigenvalue weighted by atomic mass is 15.2. The van der Waals surface area contributed by atoms with Crippen molar-refractivity contribution in [1.29, 1.82) is 0 Å². The third kappa shape index (κ3) is 1.34. The topological polar surface area (TPSA) is 78.5 Å². The van der Waals surface area contributed by atoms with Crippen molar-refractivity contribution in [1.82, 2.24) is 19.9 Å². The minimum Gasteiger partial charge on any atom is -0.371 e. The monoisotopic (exact) mass is 192 g/mol. The van der Waals surface area contributed by atoms with E-state index in [2.05, 4.69) is 30.6 Å². The summed E-state index contributed by atoms with van der Waals surface area (Å²) in [5, 5.41) is 6.04. The SMILES string of the molecule is CCNc1nc(NC)c2[nH]cnc2n1. The zero-order valence-corrected chi connectivity index (χ0v) is 8.13. The molecule has 0 radical (unpaired) electrons. The van der Waals surface area contributed by atoms with Gasteiger partial charge >= 0.3 is 0 Å². The third-order valence-corrected chi connectivity index (χ3v) is 1.86. The molecule has 0 unspecified atom stereocenters. The van der Waals surface area contributed by atoms with Gasteiger partial charge in [-0.3, -0.25) is 0 Å². The van der Waals surface area contributed by atoms with Gasteiger partial charge < -0.3 is 15.6 Å². The molecule has 74 valence electrons. The van der Waals surface area contributed by atoms with Gasteiger partial charge in [0.25, 0.3) is 0 Å². The fraction of sp³-hybridized carbons (Fsp3) is 0.375. The van der Waals surface area contributed by atoms with Gasteiger partial charge in [0.05, 0.1) is 6.33 Å². The maximum absolute atomic E-state index is 4.28. The number of nitrogens with zero attached hydrogens (tertiary/aromatic N) is 3. The first-order valence-corrected chi connectivity index (χ1v) is 4.48. The summed E-state index contributed by atoms with van der Waals surface area (Å²) < 4.78 is 0. The van der Waals surface area contributed by atoms with Gasteiger partial charge in [0, 0.05) is 13.6 Å². The van der Waals surface area contributed by atoms with Crippen LogP contribution in [0.5, 0.6) is 0 Å². The lowest BCUT2D eigenvalue weighted by atomic mass is 10.5. The number of nitrogens with one attached hydrogen (secondary N) is 3. The summed E-state index contributed by atoms with van der Waals surface area (Å²) in [6, 6.07) is 0. The van der Waals surface area contributed by atoms with E-state index in [1.165, 1.54) is 0 Å². The van der Waals surface area contributed by atoms with E-state index in [9.17, 15) is 0 Å². The number of H-pyrrole nitrogens is 1. The summed E-state index contributed by atoms with van der Waals surface area (Å²) in [5.74, 6) is 1.35. The Morgan fingerprint density at radius 3 is 3.00 bits per heavy atom. The molecule has 6 heteroatoms. The van der Waals surface area contributed by atoms with Crippen molar-refractivity contribution in [3.8, 4) is 0 Å². The second kappa shape index (κ2) is 3.49. The van der Waals surface area contributed by atoms with Gasteiger partial charge in [-0.15, -0.1) is 0 Å². The zero-order valence-electron chi connectivity index (χ0n) is 8.13. The number of aromatic amines is 1. The minimum atomic E-state index is 0.594. The first kappa shape index (κ1) is 8.74. The number of anilines is 2. The fourth-order valence-corrected chi connectivity index (χ4v) is 1.25. The molecule has 0 saturated heterocycles. The molecule has 0 bridgehead atoms. The van der Waals surface area contributed by atoms with Crippen molar-refractivity contribution in [2.24, 2.45) is 0 Å². The van der Waals surface area contributed by atoms with Crippen molar-refractivity contribution in [3.63, 3.8) is 0 Å². The molecule has 2 rings (SSSR count). The molecule has 0 saturated carbocycles. The predicted molar refractivity (Wildman–Crippen MR) is 55.4 cm³/mol. The molecule has 0 aliphatic rings. The van der Waals surface area contributed by atoms with E-state index in [1.807, 2.05) is 14.0 Å². The Morgan fingerprint density at radius 2 is 2.29 bits per heavy atom. The zero-order chi connectivity index (χ0) is 9.97. The van der Waals surface area contributed by atoms with E-state index >= 15 is 0 Å². The molecule has 0 spiro atoms. The highest BCUT2D eigenvalue weighted by molar-refractivity contribution is 5.83. The Bertz CT molecular complexity index is 434. The normalized spacial score (nSPS) is 10.4. The predicted octanol–water partition coefficient (Wildman–Crippen LogP) is 0.826. The van der Waals surface area contributed by atoms with Crippen molar-refractivity contribution >= 4 is 22.9 Å². The Kier molecular flexibility index (Phi) is 2.18. The highest BCUT2D eigenvalue weighted by Gasteiger charge is 2.07. The summed E-state index contributed by atoms with van der Waals surface area (Å²) in [6.45, 7) is 2.79. The number of hydrogen-bond donors (Lipinski definition) is 3. The van der Waals surface area contributed by atoms with Crippen LogP contribution in [0.15, 0.2) is 6.33 Å². The van der Waals surface area contributed by atoms with Crippen LogP contribution in [0.3, 0.4) is 0 Å². The molecular formula is C8H12N6. The van der Waals surface area contributed by atoms with Crippen LogP contribution >= 0.6 is 0 Å². The Hall–Kier alpha value is -1.85. The van der Waals surface area contributed by atoms with E-state index < -0.39 is 0 Å². The Labute approximate surface area is 81.2 Å². The van der Waals surface area contributed by atoms with Crippen molar-refractivity contribution in [3.05, 3.63) is 6.33 Å². The summed E-state index contributed by atoms with van der Waals surface area (Å²) in [7, 11) is 1.82. The summed E-state index contributed by atoms with van der Waals surface area (Å²) in [6.07, 6.45) is 1.61. The van der Waals surface area contributed by atoms with Crippen LogP contribution in [0, 0.1) is 0 Å². The molecule has 0 atom stereocenters. The van der Waals surface area contributed by atoms with Gasteiger partial charge in [0.1, 0.15) is 5.52 Å². The van der Waals surface area contributed by atoms with Gasteiger partial charge in [0.2, 0.25) is 5.95 Å². The molecular weight excluding hydrogens is 180 g/mol. The van der Waals surface area contributed by atoms with E-state index in [4.69, 9.17) is 0 Å².